The van der Waals surface area contributed by atoms with Gasteiger partial charge >= 0.3 is 0 Å². The van der Waals surface area contributed by atoms with Gasteiger partial charge in [-0.3, -0.25) is 10.1 Å². The zero-order valence-electron chi connectivity index (χ0n) is 14.5. The van der Waals surface area contributed by atoms with Crippen LogP contribution in [0.4, 0.5) is 0 Å². The van der Waals surface area contributed by atoms with Gasteiger partial charge in [-0.05, 0) is 23.1 Å². The van der Waals surface area contributed by atoms with Crippen molar-refractivity contribution in [2.75, 3.05) is 0 Å². The largest absolute Gasteiger partial charge is 0.439 e. The van der Waals surface area contributed by atoms with Crippen LogP contribution in [0.15, 0.2) is 76.6 Å². The number of hydrogen-bond acceptors (Lipinski definition) is 3. The molecule has 1 heterocycles. The maximum atomic E-state index is 11.7. The van der Waals surface area contributed by atoms with Gasteiger partial charge in [0.25, 0.3) is 0 Å². The van der Waals surface area contributed by atoms with Crippen molar-refractivity contribution in [1.82, 2.24) is 5.32 Å². The van der Waals surface area contributed by atoms with Crippen LogP contribution in [0.25, 0.3) is 10.8 Å². The van der Waals surface area contributed by atoms with E-state index in [-0.39, 0.29) is 17.7 Å². The van der Waals surface area contributed by atoms with Crippen molar-refractivity contribution >= 4 is 32.6 Å². The summed E-state index contributed by atoms with van der Waals surface area (Å²) in [5, 5.41) is 14.5. The molecule has 1 N–H and O–H groups in total. The fraction of sp³-hybridized carbons (Fsp3) is 0.0909. The monoisotopic (exact) mass is 418 g/mol. The van der Waals surface area contributed by atoms with Crippen molar-refractivity contribution in [3.8, 4) is 11.8 Å². The molecule has 4 rings (SSSR count). The van der Waals surface area contributed by atoms with E-state index in [0.29, 0.717) is 11.3 Å². The van der Waals surface area contributed by atoms with Crippen LogP contribution in [-0.2, 0) is 4.79 Å². The van der Waals surface area contributed by atoms with Crippen molar-refractivity contribution in [2.24, 2.45) is 0 Å². The molecule has 1 aliphatic rings. The Morgan fingerprint density at radius 2 is 1.85 bits per heavy atom. The molecule has 27 heavy (non-hydrogen) atoms. The van der Waals surface area contributed by atoms with Crippen molar-refractivity contribution in [1.29, 1.82) is 5.26 Å². The highest BCUT2D eigenvalue weighted by Crippen LogP contribution is 2.45. The number of carbonyl (C=O) groups excluding carboxylic acids is 1. The van der Waals surface area contributed by atoms with E-state index >= 15 is 0 Å². The van der Waals surface area contributed by atoms with E-state index in [9.17, 15) is 10.1 Å². The molecule has 3 aromatic rings. The first-order valence-electron chi connectivity index (χ1n) is 8.45. The van der Waals surface area contributed by atoms with Gasteiger partial charge in [0.05, 0.1) is 5.92 Å². The number of carbonyl (C=O) groups is 1. The number of nitrogens with one attached hydrogen (secondary N) is 1. The summed E-state index contributed by atoms with van der Waals surface area (Å²) in [5.41, 5.74) is 2.24. The summed E-state index contributed by atoms with van der Waals surface area (Å²) in [7, 11) is 0. The first kappa shape index (κ1) is 17.3. The average Bonchev–Trinajstić information content (AvgIpc) is 2.67. The molecule has 0 spiro atoms. The Hall–Kier alpha value is -3.10. The molecule has 5 heteroatoms. The lowest BCUT2D eigenvalue weighted by molar-refractivity contribution is -0.118. The van der Waals surface area contributed by atoms with Crippen LogP contribution in [0.3, 0.4) is 0 Å². The lowest BCUT2D eigenvalue weighted by atomic mass is 9.82. The number of ether oxygens (including phenoxy) is 1. The number of fused-ring (bicyclic) bond motifs is 3. The molecule has 0 saturated heterocycles. The first-order valence-corrected chi connectivity index (χ1v) is 9.24. The van der Waals surface area contributed by atoms with Gasteiger partial charge in [-0.15, -0.1) is 0 Å². The van der Waals surface area contributed by atoms with E-state index < -0.39 is 0 Å². The van der Waals surface area contributed by atoms with Gasteiger partial charge in [0.15, 0.2) is 0 Å². The predicted octanol–water partition coefficient (Wildman–Crippen LogP) is 5.00. The highest BCUT2D eigenvalue weighted by atomic mass is 79.9. The summed E-state index contributed by atoms with van der Waals surface area (Å²) >= 11 is 3.45. The van der Waals surface area contributed by atoms with Crippen LogP contribution in [0, 0.1) is 11.3 Å². The molecular formula is C22H15BrN2O2. The first-order chi connectivity index (χ1) is 13.1. The van der Waals surface area contributed by atoms with Crippen molar-refractivity contribution in [2.45, 2.75) is 12.8 Å². The minimum absolute atomic E-state index is 0.196. The maximum Gasteiger partial charge on any atom is 0.223 e. The minimum atomic E-state index is -0.321. The fourth-order valence-electron chi connectivity index (χ4n) is 3.41. The number of benzene rings is 3. The molecule has 0 radical (unpaired) electrons. The smallest absolute Gasteiger partial charge is 0.223 e. The Labute approximate surface area is 165 Å². The fourth-order valence-corrected chi connectivity index (χ4v) is 3.68. The highest BCUT2D eigenvalue weighted by Gasteiger charge is 2.33. The van der Waals surface area contributed by atoms with E-state index in [1.807, 2.05) is 60.7 Å². The average molecular weight is 419 g/mol. The second kappa shape index (κ2) is 6.90. The lowest BCUT2D eigenvalue weighted by Crippen LogP contribution is -2.29. The molecule has 3 aromatic carbocycles. The van der Waals surface area contributed by atoms with Crippen LogP contribution in [0.1, 0.15) is 24.0 Å². The standard InChI is InChI=1S/C22H15BrN2O2/c1-13(26)25-22-19(12-24)20(15-6-9-16(23)10-7-15)18-11-8-14-4-2-3-5-17(14)21(18)27-22/h2-11,20H,1H3,(H,25,26)/t20-/m1/s1. The van der Waals surface area contributed by atoms with Crippen molar-refractivity contribution < 1.29 is 9.53 Å². The molecule has 0 fully saturated rings. The summed E-state index contributed by atoms with van der Waals surface area (Å²) in [6, 6.07) is 22.0. The van der Waals surface area contributed by atoms with E-state index in [1.54, 1.807) is 0 Å². The van der Waals surface area contributed by atoms with E-state index in [4.69, 9.17) is 4.74 Å². The highest BCUT2D eigenvalue weighted by molar-refractivity contribution is 9.10. The SMILES string of the molecule is CC(=O)NC1=C(C#N)[C@H](c2ccc(Br)cc2)c2ccc3ccccc3c2O1. The van der Waals surface area contributed by atoms with E-state index in [0.717, 1.165) is 26.4 Å². The molecule has 0 unspecified atom stereocenters. The summed E-state index contributed by atoms with van der Waals surface area (Å²) in [4.78, 5) is 11.7. The number of halogens is 1. The normalized spacial score (nSPS) is 15.7. The second-order valence-electron chi connectivity index (χ2n) is 6.33. The summed E-state index contributed by atoms with van der Waals surface area (Å²) in [5.74, 6) is 0.264. The molecule has 1 atom stereocenters. The zero-order chi connectivity index (χ0) is 19.0. The topological polar surface area (TPSA) is 62.1 Å². The number of nitrogens with zero attached hydrogens (tertiary/aromatic N) is 1. The molecule has 0 aliphatic carbocycles. The van der Waals surface area contributed by atoms with Crippen LogP contribution in [-0.4, -0.2) is 5.91 Å². The molecule has 1 aliphatic heterocycles. The molecule has 4 nitrogen and oxygen atoms in total. The van der Waals surface area contributed by atoms with Gasteiger partial charge in [0.1, 0.15) is 17.4 Å². The molecule has 0 saturated carbocycles. The Kier molecular flexibility index (Phi) is 4.43. The second-order valence-corrected chi connectivity index (χ2v) is 7.24. The number of nitriles is 1. The van der Waals surface area contributed by atoms with Crippen molar-refractivity contribution in [3.05, 3.63) is 87.7 Å². The minimum Gasteiger partial charge on any atom is -0.439 e. The Bertz CT molecular complexity index is 1130. The maximum absolute atomic E-state index is 11.7. The molecule has 1 amide bonds. The molecule has 132 valence electrons. The summed E-state index contributed by atoms with van der Waals surface area (Å²) in [6.45, 7) is 1.40. The predicted molar refractivity (Wildman–Crippen MR) is 107 cm³/mol. The molecular weight excluding hydrogens is 404 g/mol. The quantitative estimate of drug-likeness (QED) is 0.636. The Morgan fingerprint density at radius 3 is 2.56 bits per heavy atom. The van der Waals surface area contributed by atoms with E-state index in [1.165, 1.54) is 6.92 Å². The number of rotatable bonds is 2. The third kappa shape index (κ3) is 3.09. The number of hydrogen-bond donors (Lipinski definition) is 1. The van der Waals surface area contributed by atoms with E-state index in [2.05, 4.69) is 27.3 Å². The van der Waals surface area contributed by atoms with Crippen LogP contribution in [0.5, 0.6) is 5.75 Å². The summed E-state index contributed by atoms with van der Waals surface area (Å²) in [6.07, 6.45) is 0. The van der Waals surface area contributed by atoms with Gasteiger partial charge in [0.2, 0.25) is 11.8 Å². The zero-order valence-corrected chi connectivity index (χ0v) is 16.1. The Balaban J connectivity index is 2.00. The third-order valence-electron chi connectivity index (χ3n) is 4.57. The Morgan fingerprint density at radius 1 is 1.11 bits per heavy atom. The van der Waals surface area contributed by atoms with Gasteiger partial charge in [-0.1, -0.05) is 64.5 Å². The van der Waals surface area contributed by atoms with Gasteiger partial charge < -0.3 is 4.74 Å². The van der Waals surface area contributed by atoms with Crippen LogP contribution < -0.4 is 10.1 Å². The van der Waals surface area contributed by atoms with Crippen molar-refractivity contribution in [3.63, 3.8) is 0 Å². The number of amides is 1. The number of allylic oxidation sites excluding steroid dienone is 1. The third-order valence-corrected chi connectivity index (χ3v) is 5.10. The lowest BCUT2D eigenvalue weighted by Gasteiger charge is -2.29. The molecule has 0 bridgehead atoms. The van der Waals surface area contributed by atoms with Gasteiger partial charge in [0, 0.05) is 22.3 Å². The van der Waals surface area contributed by atoms with Gasteiger partial charge in [-0.2, -0.15) is 5.26 Å². The molecule has 0 aromatic heterocycles. The van der Waals surface area contributed by atoms with Gasteiger partial charge in [-0.25, -0.2) is 0 Å². The van der Waals surface area contributed by atoms with Crippen LogP contribution in [0.2, 0.25) is 0 Å². The summed E-state index contributed by atoms with van der Waals surface area (Å²) < 4.78 is 7.01. The van der Waals surface area contributed by atoms with Crippen LogP contribution >= 0.6 is 15.9 Å².